The van der Waals surface area contributed by atoms with E-state index in [0.717, 1.165) is 70.6 Å². The number of quaternary nitrogens is 1. The molecule has 2 atom stereocenters. The van der Waals surface area contributed by atoms with Crippen LogP contribution in [0.4, 0.5) is 0 Å². The van der Waals surface area contributed by atoms with Crippen molar-refractivity contribution in [3.8, 4) is 0 Å². The van der Waals surface area contributed by atoms with Crippen LogP contribution in [0.15, 0.2) is 72.9 Å². The van der Waals surface area contributed by atoms with Gasteiger partial charge in [0, 0.05) is 13.0 Å². The lowest BCUT2D eigenvalue weighted by Crippen LogP contribution is -2.37. The molecule has 0 spiro atoms. The molecule has 0 fully saturated rings. The Hall–Kier alpha value is -2.06. The highest BCUT2D eigenvalue weighted by Crippen LogP contribution is 2.43. The van der Waals surface area contributed by atoms with Crippen LogP contribution in [0.3, 0.4) is 0 Å². The Bertz CT molecular complexity index is 1200. The van der Waals surface area contributed by atoms with E-state index in [-0.39, 0.29) is 25.8 Å². The third-order valence-corrected chi connectivity index (χ3v) is 11.2. The van der Waals surface area contributed by atoms with E-state index in [2.05, 4.69) is 86.8 Å². The number of allylic oxidation sites excluding steroid dienone is 12. The number of carbonyl (C=O) groups excluding carboxylic acids is 1. The van der Waals surface area contributed by atoms with Crippen molar-refractivity contribution in [2.75, 3.05) is 54.1 Å². The molecule has 9 heteroatoms. The van der Waals surface area contributed by atoms with E-state index in [4.69, 9.17) is 18.5 Å². The molecule has 0 aliphatic rings. The molecule has 0 rings (SSSR count). The number of hydrogen-bond acceptors (Lipinski definition) is 6. The van der Waals surface area contributed by atoms with Gasteiger partial charge in [-0.25, -0.2) is 4.57 Å². The molecule has 0 aromatic heterocycles. The van der Waals surface area contributed by atoms with Crippen molar-refractivity contribution in [2.24, 2.45) is 0 Å². The highest BCUT2D eigenvalue weighted by Gasteiger charge is 2.26. The third kappa shape index (κ3) is 48.8. The second-order valence-corrected chi connectivity index (χ2v) is 18.9. The fourth-order valence-corrected chi connectivity index (χ4v) is 7.20. The van der Waals surface area contributed by atoms with Gasteiger partial charge in [0.15, 0.2) is 0 Å². The van der Waals surface area contributed by atoms with Crippen LogP contribution in [0, 0.1) is 0 Å². The van der Waals surface area contributed by atoms with E-state index in [1.165, 1.54) is 103 Å². The first-order chi connectivity index (χ1) is 29.6. The van der Waals surface area contributed by atoms with Gasteiger partial charge in [0.2, 0.25) is 0 Å². The number of ether oxygens (including phenoxy) is 2. The number of esters is 1. The van der Waals surface area contributed by atoms with Crippen molar-refractivity contribution in [1.82, 2.24) is 0 Å². The number of phosphoric acid groups is 1. The highest BCUT2D eigenvalue weighted by molar-refractivity contribution is 7.47. The summed E-state index contributed by atoms with van der Waals surface area (Å²) in [5.41, 5.74) is 0. The van der Waals surface area contributed by atoms with Gasteiger partial charge in [-0.05, 0) is 83.5 Å². The molecule has 1 N–H and O–H groups in total. The number of unbranched alkanes of at least 4 members (excludes halogenated alkanes) is 19. The van der Waals surface area contributed by atoms with Gasteiger partial charge in [-0.3, -0.25) is 13.8 Å². The van der Waals surface area contributed by atoms with Crippen LogP contribution in [0.5, 0.6) is 0 Å². The minimum Gasteiger partial charge on any atom is -0.457 e. The fraction of sp³-hybridized carbons (Fsp3) is 0.750. The van der Waals surface area contributed by atoms with Gasteiger partial charge in [-0.2, -0.15) is 0 Å². The quantitative estimate of drug-likeness (QED) is 0.0214. The third-order valence-electron chi connectivity index (χ3n) is 10.3. The number of phosphoric ester groups is 1. The molecule has 0 amide bonds. The Kier molecular flexibility index (Phi) is 43.0. The van der Waals surface area contributed by atoms with Crippen molar-refractivity contribution in [3.63, 3.8) is 0 Å². The summed E-state index contributed by atoms with van der Waals surface area (Å²) in [5, 5.41) is 0. The van der Waals surface area contributed by atoms with E-state index in [1.54, 1.807) is 0 Å². The first kappa shape index (κ1) is 58.9. The Labute approximate surface area is 376 Å². The first-order valence-corrected chi connectivity index (χ1v) is 26.2. The molecule has 354 valence electrons. The van der Waals surface area contributed by atoms with Gasteiger partial charge in [0.05, 0.1) is 34.4 Å². The predicted molar refractivity (Wildman–Crippen MR) is 261 cm³/mol. The molecule has 0 bridgehead atoms. The lowest BCUT2D eigenvalue weighted by Gasteiger charge is -2.24. The maximum Gasteiger partial charge on any atom is 0.472 e. The summed E-state index contributed by atoms with van der Waals surface area (Å²) >= 11 is 0. The van der Waals surface area contributed by atoms with E-state index < -0.39 is 13.9 Å². The average Bonchev–Trinajstić information content (AvgIpc) is 3.22. The van der Waals surface area contributed by atoms with Crippen LogP contribution in [0.25, 0.3) is 0 Å². The molecular weight excluding hydrogens is 782 g/mol. The van der Waals surface area contributed by atoms with Crippen molar-refractivity contribution in [2.45, 2.75) is 200 Å². The van der Waals surface area contributed by atoms with E-state index in [9.17, 15) is 14.3 Å². The first-order valence-electron chi connectivity index (χ1n) is 24.7. The van der Waals surface area contributed by atoms with Gasteiger partial charge in [-0.1, -0.05) is 177 Å². The molecule has 0 aromatic rings. The van der Waals surface area contributed by atoms with Crippen LogP contribution in [-0.2, 0) is 27.9 Å². The maximum absolute atomic E-state index is 12.7. The van der Waals surface area contributed by atoms with Gasteiger partial charge in [0.25, 0.3) is 0 Å². The minimum atomic E-state index is -4.28. The number of likely N-dealkylation sites (N-methyl/N-ethyl adjacent to an activating group) is 1. The largest absolute Gasteiger partial charge is 0.472 e. The number of rotatable bonds is 45. The zero-order valence-corrected chi connectivity index (χ0v) is 41.0. The van der Waals surface area contributed by atoms with Crippen LogP contribution in [0.2, 0.25) is 0 Å². The standard InChI is InChI=1S/C52H94NO7P/c1-6-8-10-12-14-16-18-20-22-23-24-25-26-27-28-29-30-31-32-33-35-37-39-41-43-45-52(54)60-51(50-59-61(55,56)58-48-46-53(3,4)5)49-57-47-44-42-40-38-36-34-21-19-17-15-13-11-9-7-2/h8,10,14,16-17,19-20,22,24-25,27-28,51H,6-7,9,11-13,15,18,21,23,26,29-50H2,1-5H3/p+1/b10-8-,16-14-,19-17-,22-20-,25-24-,28-27-. The predicted octanol–water partition coefficient (Wildman–Crippen LogP) is 15.1. The Morgan fingerprint density at radius 2 is 0.951 bits per heavy atom. The van der Waals surface area contributed by atoms with Crippen molar-refractivity contribution in [1.29, 1.82) is 0 Å². The summed E-state index contributed by atoms with van der Waals surface area (Å²) in [6, 6.07) is 0. The maximum atomic E-state index is 12.7. The fourth-order valence-electron chi connectivity index (χ4n) is 6.46. The molecule has 0 aliphatic heterocycles. The normalized spacial score (nSPS) is 14.3. The number of hydrogen-bond donors (Lipinski definition) is 1. The summed E-state index contributed by atoms with van der Waals surface area (Å²) in [7, 11) is 1.65. The molecule has 2 unspecified atom stereocenters. The molecule has 0 saturated carbocycles. The summed E-state index contributed by atoms with van der Waals surface area (Å²) in [6.45, 7) is 5.47. The molecule has 61 heavy (non-hydrogen) atoms. The van der Waals surface area contributed by atoms with Crippen molar-refractivity contribution < 1.29 is 37.3 Å². The summed E-state index contributed by atoms with van der Waals surface area (Å²) in [6.07, 6.45) is 58.0. The summed E-state index contributed by atoms with van der Waals surface area (Å²) < 4.78 is 35.1. The molecule has 0 aromatic carbocycles. The number of nitrogens with zero attached hydrogens (tertiary/aromatic N) is 1. The van der Waals surface area contributed by atoms with Crippen molar-refractivity contribution in [3.05, 3.63) is 72.9 Å². The Morgan fingerprint density at radius 1 is 0.525 bits per heavy atom. The highest BCUT2D eigenvalue weighted by atomic mass is 31.2. The Morgan fingerprint density at radius 3 is 1.44 bits per heavy atom. The molecule has 0 radical (unpaired) electrons. The molecule has 0 aliphatic carbocycles. The van der Waals surface area contributed by atoms with Gasteiger partial charge in [0.1, 0.15) is 19.3 Å². The molecule has 0 saturated heterocycles. The SMILES string of the molecule is CC/C=C\C/C=C\C/C=C\C/C=C\C/C=C\CCCCCCCCCCCC(=O)OC(COCCCCCCCC/C=C\CCCCCC)COP(=O)(O)OCC[N+](C)(C)C. The minimum absolute atomic E-state index is 0.0832. The Balaban J connectivity index is 4.16. The van der Waals surface area contributed by atoms with Crippen LogP contribution in [-0.4, -0.2) is 75.6 Å². The smallest absolute Gasteiger partial charge is 0.457 e. The van der Waals surface area contributed by atoms with Gasteiger partial charge < -0.3 is 18.9 Å². The molecule has 0 heterocycles. The van der Waals surface area contributed by atoms with Crippen LogP contribution >= 0.6 is 7.82 Å². The number of carbonyl (C=O) groups is 1. The van der Waals surface area contributed by atoms with E-state index in [0.29, 0.717) is 24.1 Å². The van der Waals surface area contributed by atoms with Gasteiger partial charge >= 0.3 is 13.8 Å². The zero-order valence-electron chi connectivity index (χ0n) is 40.1. The van der Waals surface area contributed by atoms with E-state index >= 15 is 0 Å². The monoisotopic (exact) mass is 877 g/mol. The van der Waals surface area contributed by atoms with E-state index in [1.807, 2.05) is 21.1 Å². The summed E-state index contributed by atoms with van der Waals surface area (Å²) in [4.78, 5) is 23.0. The van der Waals surface area contributed by atoms with Crippen LogP contribution in [0.1, 0.15) is 194 Å². The van der Waals surface area contributed by atoms with Crippen molar-refractivity contribution >= 4 is 13.8 Å². The summed E-state index contributed by atoms with van der Waals surface area (Å²) in [5.74, 6) is -0.324. The lowest BCUT2D eigenvalue weighted by atomic mass is 10.1. The zero-order chi connectivity index (χ0) is 44.8. The molecule has 8 nitrogen and oxygen atoms in total. The average molecular weight is 877 g/mol. The second kappa shape index (κ2) is 44.5. The second-order valence-electron chi connectivity index (χ2n) is 17.5. The van der Waals surface area contributed by atoms with Gasteiger partial charge in [-0.15, -0.1) is 0 Å². The lowest BCUT2D eigenvalue weighted by molar-refractivity contribution is -0.870. The molecular formula is C52H95NO7P+. The van der Waals surface area contributed by atoms with Crippen LogP contribution < -0.4 is 0 Å². The topological polar surface area (TPSA) is 91.3 Å².